The maximum Gasteiger partial charge on any atom is 0.123 e. The number of halogens is 1. The van der Waals surface area contributed by atoms with Gasteiger partial charge in [-0.3, -0.25) is 9.80 Å². The number of aliphatic hydroxyl groups excluding tert-OH is 1. The summed E-state index contributed by atoms with van der Waals surface area (Å²) in [6, 6.07) is 3.92. The minimum absolute atomic E-state index is 0.228. The summed E-state index contributed by atoms with van der Waals surface area (Å²) in [4.78, 5) is 4.61. The van der Waals surface area contributed by atoms with Gasteiger partial charge in [0.2, 0.25) is 0 Å². The number of hydrogen-bond donors (Lipinski definition) is 2. The van der Waals surface area contributed by atoms with Crippen molar-refractivity contribution in [3.63, 3.8) is 0 Å². The van der Waals surface area contributed by atoms with Crippen molar-refractivity contribution in [1.82, 2.24) is 9.80 Å². The number of rotatable bonds is 4. The summed E-state index contributed by atoms with van der Waals surface area (Å²) in [6.45, 7) is 7.60. The first-order chi connectivity index (χ1) is 9.10. The summed E-state index contributed by atoms with van der Waals surface area (Å²) < 4.78 is 1.01. The van der Waals surface area contributed by atoms with Crippen LogP contribution in [0, 0.1) is 6.92 Å². The predicted octanol–water partition coefficient (Wildman–Crippen LogP) is 1.57. The van der Waals surface area contributed by atoms with Crippen LogP contribution in [-0.4, -0.2) is 59.3 Å². The summed E-state index contributed by atoms with van der Waals surface area (Å²) in [5, 5.41) is 19.0. The van der Waals surface area contributed by atoms with E-state index in [0.717, 1.165) is 54.9 Å². The third-order valence-electron chi connectivity index (χ3n) is 3.62. The van der Waals surface area contributed by atoms with E-state index in [2.05, 4.69) is 25.7 Å². The summed E-state index contributed by atoms with van der Waals surface area (Å²) in [5.74, 6) is 0.404. The van der Waals surface area contributed by atoms with Gasteiger partial charge in [-0.1, -0.05) is 15.9 Å². The van der Waals surface area contributed by atoms with Crippen molar-refractivity contribution in [3.05, 3.63) is 27.7 Å². The number of phenols is 1. The molecule has 1 aromatic carbocycles. The van der Waals surface area contributed by atoms with Crippen molar-refractivity contribution in [2.75, 3.05) is 39.3 Å². The molecule has 0 bridgehead atoms. The van der Waals surface area contributed by atoms with Gasteiger partial charge in [0.05, 0.1) is 6.61 Å². The lowest BCUT2D eigenvalue weighted by Crippen LogP contribution is -2.46. The highest BCUT2D eigenvalue weighted by Crippen LogP contribution is 2.28. The molecule has 0 saturated carbocycles. The largest absolute Gasteiger partial charge is 0.507 e. The Hall–Kier alpha value is -0.620. The molecule has 2 N–H and O–H groups in total. The average molecular weight is 329 g/mol. The lowest BCUT2D eigenvalue weighted by Gasteiger charge is -2.34. The molecule has 4 nitrogen and oxygen atoms in total. The number of aryl methyl sites for hydroxylation is 1. The van der Waals surface area contributed by atoms with Crippen LogP contribution in [0.1, 0.15) is 11.1 Å². The maximum absolute atomic E-state index is 10.1. The Bertz CT molecular complexity index is 432. The molecule has 1 aliphatic rings. The van der Waals surface area contributed by atoms with Gasteiger partial charge in [0.1, 0.15) is 5.75 Å². The second-order valence-electron chi connectivity index (χ2n) is 5.07. The molecule has 2 rings (SSSR count). The molecule has 0 amide bonds. The van der Waals surface area contributed by atoms with Gasteiger partial charge in [0.15, 0.2) is 0 Å². The molecule has 1 saturated heterocycles. The molecule has 1 fully saturated rings. The van der Waals surface area contributed by atoms with E-state index in [9.17, 15) is 5.11 Å². The highest BCUT2D eigenvalue weighted by molar-refractivity contribution is 9.10. The van der Waals surface area contributed by atoms with Gasteiger partial charge in [-0.2, -0.15) is 0 Å². The molecule has 5 heteroatoms. The number of phenolic OH excluding ortho intramolecular Hbond substituents is 1. The molecule has 0 aliphatic carbocycles. The quantitative estimate of drug-likeness (QED) is 0.880. The summed E-state index contributed by atoms with van der Waals surface area (Å²) in [7, 11) is 0. The summed E-state index contributed by atoms with van der Waals surface area (Å²) in [5.41, 5.74) is 1.88. The first-order valence-electron chi connectivity index (χ1n) is 6.63. The number of benzene rings is 1. The van der Waals surface area contributed by atoms with Crippen LogP contribution in [-0.2, 0) is 6.54 Å². The molecule has 0 radical (unpaired) electrons. The van der Waals surface area contributed by atoms with Crippen molar-refractivity contribution in [2.45, 2.75) is 13.5 Å². The molecule has 0 spiro atoms. The van der Waals surface area contributed by atoms with Gasteiger partial charge < -0.3 is 10.2 Å². The fraction of sp³-hybridized carbons (Fsp3) is 0.571. The standard InChI is InChI=1S/C14H21BrN2O2/c1-11-8-13(15)9-12(14(11)19)10-17-4-2-16(3-5-17)6-7-18/h8-9,18-19H,2-7,10H2,1H3. The maximum atomic E-state index is 10.1. The van der Waals surface area contributed by atoms with E-state index in [1.165, 1.54) is 0 Å². The molecular weight excluding hydrogens is 308 g/mol. The zero-order chi connectivity index (χ0) is 13.8. The molecular formula is C14H21BrN2O2. The van der Waals surface area contributed by atoms with E-state index in [1.54, 1.807) is 0 Å². The Morgan fingerprint density at radius 2 is 1.79 bits per heavy atom. The van der Waals surface area contributed by atoms with Crippen molar-refractivity contribution in [1.29, 1.82) is 0 Å². The van der Waals surface area contributed by atoms with Crippen LogP contribution in [0.4, 0.5) is 0 Å². The van der Waals surface area contributed by atoms with E-state index < -0.39 is 0 Å². The van der Waals surface area contributed by atoms with Crippen LogP contribution in [0.25, 0.3) is 0 Å². The van der Waals surface area contributed by atoms with Gasteiger partial charge in [-0.25, -0.2) is 0 Å². The van der Waals surface area contributed by atoms with Crippen LogP contribution in [0.5, 0.6) is 5.75 Å². The average Bonchev–Trinajstić information content (AvgIpc) is 2.38. The van der Waals surface area contributed by atoms with E-state index in [0.29, 0.717) is 5.75 Å². The third-order valence-corrected chi connectivity index (χ3v) is 4.08. The lowest BCUT2D eigenvalue weighted by atomic mass is 10.1. The zero-order valence-corrected chi connectivity index (χ0v) is 12.9. The normalized spacial score (nSPS) is 17.8. The second-order valence-corrected chi connectivity index (χ2v) is 5.99. The summed E-state index contributed by atoms with van der Waals surface area (Å²) in [6.07, 6.45) is 0. The Morgan fingerprint density at radius 1 is 1.16 bits per heavy atom. The minimum atomic E-state index is 0.228. The summed E-state index contributed by atoms with van der Waals surface area (Å²) >= 11 is 3.48. The highest BCUT2D eigenvalue weighted by Gasteiger charge is 2.18. The monoisotopic (exact) mass is 328 g/mol. The van der Waals surface area contributed by atoms with Crippen LogP contribution in [0.3, 0.4) is 0 Å². The first-order valence-corrected chi connectivity index (χ1v) is 7.43. The van der Waals surface area contributed by atoms with E-state index in [4.69, 9.17) is 5.11 Å². The number of aromatic hydroxyl groups is 1. The van der Waals surface area contributed by atoms with Crippen LogP contribution in [0.15, 0.2) is 16.6 Å². The molecule has 1 aromatic rings. The fourth-order valence-electron chi connectivity index (χ4n) is 2.48. The Labute approximate surface area is 122 Å². The lowest BCUT2D eigenvalue weighted by molar-refractivity contribution is 0.108. The van der Waals surface area contributed by atoms with Gasteiger partial charge in [0, 0.05) is 49.3 Å². The Kier molecular flexibility index (Phi) is 5.21. The fourth-order valence-corrected chi connectivity index (χ4v) is 3.10. The SMILES string of the molecule is Cc1cc(Br)cc(CN2CCN(CCO)CC2)c1O. The molecule has 19 heavy (non-hydrogen) atoms. The minimum Gasteiger partial charge on any atom is -0.507 e. The van der Waals surface area contributed by atoms with Crippen molar-refractivity contribution >= 4 is 15.9 Å². The van der Waals surface area contributed by atoms with Gasteiger partial charge >= 0.3 is 0 Å². The zero-order valence-electron chi connectivity index (χ0n) is 11.3. The molecule has 1 aliphatic heterocycles. The number of β-amino-alcohol motifs (C(OH)–C–C–N with tert-alkyl or cyclic N) is 1. The van der Waals surface area contributed by atoms with Gasteiger partial charge in [0.25, 0.3) is 0 Å². The van der Waals surface area contributed by atoms with E-state index in [-0.39, 0.29) is 6.61 Å². The number of piperazine rings is 1. The topological polar surface area (TPSA) is 46.9 Å². The van der Waals surface area contributed by atoms with Gasteiger partial charge in [-0.15, -0.1) is 0 Å². The predicted molar refractivity (Wildman–Crippen MR) is 79.3 cm³/mol. The molecule has 0 unspecified atom stereocenters. The number of hydrogen-bond acceptors (Lipinski definition) is 4. The van der Waals surface area contributed by atoms with Crippen LogP contribution in [0.2, 0.25) is 0 Å². The molecule has 106 valence electrons. The van der Waals surface area contributed by atoms with E-state index >= 15 is 0 Å². The van der Waals surface area contributed by atoms with Gasteiger partial charge in [-0.05, 0) is 24.6 Å². The third kappa shape index (κ3) is 3.92. The van der Waals surface area contributed by atoms with Crippen molar-refractivity contribution in [3.8, 4) is 5.75 Å². The Balaban J connectivity index is 1.96. The number of aliphatic hydroxyl groups is 1. The number of nitrogens with zero attached hydrogens (tertiary/aromatic N) is 2. The second kappa shape index (κ2) is 6.70. The van der Waals surface area contributed by atoms with Crippen molar-refractivity contribution in [2.24, 2.45) is 0 Å². The molecule has 0 aromatic heterocycles. The first kappa shape index (κ1) is 14.8. The molecule has 1 heterocycles. The van der Waals surface area contributed by atoms with Crippen LogP contribution < -0.4 is 0 Å². The highest BCUT2D eigenvalue weighted by atomic mass is 79.9. The van der Waals surface area contributed by atoms with E-state index in [1.807, 2.05) is 19.1 Å². The van der Waals surface area contributed by atoms with Crippen molar-refractivity contribution < 1.29 is 10.2 Å². The smallest absolute Gasteiger partial charge is 0.123 e. The van der Waals surface area contributed by atoms with Crippen LogP contribution >= 0.6 is 15.9 Å². The molecule has 0 atom stereocenters. The Morgan fingerprint density at radius 3 is 2.42 bits per heavy atom.